The second-order valence-corrected chi connectivity index (χ2v) is 9.06. The van der Waals surface area contributed by atoms with Crippen LogP contribution < -0.4 is 10.9 Å². The minimum atomic E-state index is -4.73. The lowest BCUT2D eigenvalue weighted by atomic mass is 9.96. The van der Waals surface area contributed by atoms with E-state index in [0.29, 0.717) is 17.5 Å². The first-order valence-electron chi connectivity index (χ1n) is 11.8. The number of pyridine rings is 1. The van der Waals surface area contributed by atoms with Gasteiger partial charge in [0.05, 0.1) is 11.1 Å². The zero-order chi connectivity index (χ0) is 27.5. The molecule has 0 saturated carbocycles. The van der Waals surface area contributed by atoms with Crippen molar-refractivity contribution in [3.05, 3.63) is 92.4 Å². The summed E-state index contributed by atoms with van der Waals surface area (Å²) in [6.45, 7) is 5.19. The summed E-state index contributed by atoms with van der Waals surface area (Å²) >= 11 is 0. The molecule has 1 heterocycles. The van der Waals surface area contributed by atoms with Crippen molar-refractivity contribution < 1.29 is 27.9 Å². The Balaban J connectivity index is 1.90. The summed E-state index contributed by atoms with van der Waals surface area (Å²) in [6, 6.07) is 10.8. The molecular weight excluding hydrogens is 485 g/mol. The van der Waals surface area contributed by atoms with Crippen molar-refractivity contribution in [2.24, 2.45) is 7.05 Å². The van der Waals surface area contributed by atoms with E-state index in [4.69, 9.17) is 0 Å². The zero-order valence-corrected chi connectivity index (χ0v) is 21.1. The molecular formula is C28H29F3N2O4. The van der Waals surface area contributed by atoms with Gasteiger partial charge in [0.25, 0.3) is 11.5 Å². The third-order valence-corrected chi connectivity index (χ3v) is 6.37. The first-order valence-corrected chi connectivity index (χ1v) is 11.8. The van der Waals surface area contributed by atoms with Crippen LogP contribution in [-0.2, 0) is 30.9 Å². The Kier molecular flexibility index (Phi) is 8.25. The second kappa shape index (κ2) is 11.0. The Hall–Kier alpha value is -3.88. The topological polar surface area (TPSA) is 88.4 Å². The lowest BCUT2D eigenvalue weighted by molar-refractivity contribution is -0.139. The van der Waals surface area contributed by atoms with Crippen LogP contribution >= 0.6 is 0 Å². The number of nitrogens with zero attached hydrogens (tertiary/aromatic N) is 1. The molecule has 3 aromatic rings. The molecule has 0 saturated heterocycles. The van der Waals surface area contributed by atoms with Gasteiger partial charge in [-0.2, -0.15) is 13.2 Å². The van der Waals surface area contributed by atoms with Gasteiger partial charge in [-0.3, -0.25) is 9.59 Å². The number of carbonyl (C=O) groups excluding carboxylic acids is 1. The van der Waals surface area contributed by atoms with E-state index in [-0.39, 0.29) is 17.7 Å². The fourth-order valence-corrected chi connectivity index (χ4v) is 4.33. The van der Waals surface area contributed by atoms with E-state index < -0.39 is 40.8 Å². The van der Waals surface area contributed by atoms with Gasteiger partial charge in [-0.25, -0.2) is 4.79 Å². The summed E-state index contributed by atoms with van der Waals surface area (Å²) in [5.41, 5.74) is 0.442. The number of halogens is 3. The molecule has 3 rings (SSSR count). The molecule has 2 N–H and O–H groups in total. The number of benzene rings is 2. The first kappa shape index (κ1) is 27.7. The lowest BCUT2D eigenvalue weighted by Gasteiger charge is -2.18. The number of alkyl halides is 3. The molecule has 0 fully saturated rings. The number of carbonyl (C=O) groups is 2. The van der Waals surface area contributed by atoms with Gasteiger partial charge in [-0.05, 0) is 48.6 Å². The van der Waals surface area contributed by atoms with E-state index in [0.717, 1.165) is 28.2 Å². The molecule has 0 spiro atoms. The van der Waals surface area contributed by atoms with E-state index in [2.05, 4.69) is 5.32 Å². The standard InChI is InChI=1S/C28H29F3N2O4/c1-5-7-19-9-6-8-16(2)23(19)25(34)32-22(27(36)37)15-18-10-12-20(13-11-18)24-21(28(29,30)31)14-17(3)33(4)26(24)35/h6,8-14,22H,5,7,15H2,1-4H3,(H,32,34)(H,36,37)/t22-/m0/s1. The largest absolute Gasteiger partial charge is 0.480 e. The van der Waals surface area contributed by atoms with Crippen LogP contribution in [0.1, 0.15) is 51.7 Å². The van der Waals surface area contributed by atoms with Crippen LogP contribution in [0.5, 0.6) is 0 Å². The minimum Gasteiger partial charge on any atom is -0.480 e. The molecule has 196 valence electrons. The smallest absolute Gasteiger partial charge is 0.417 e. The number of hydrogen-bond donors (Lipinski definition) is 2. The predicted octanol–water partition coefficient (Wildman–Crippen LogP) is 5.07. The van der Waals surface area contributed by atoms with Crippen LogP contribution in [0.25, 0.3) is 11.1 Å². The van der Waals surface area contributed by atoms with Crippen molar-refractivity contribution in [2.45, 2.75) is 52.3 Å². The van der Waals surface area contributed by atoms with Crippen LogP contribution in [0, 0.1) is 13.8 Å². The fraction of sp³-hybridized carbons (Fsp3) is 0.321. The number of carboxylic acids is 1. The molecule has 6 nitrogen and oxygen atoms in total. The summed E-state index contributed by atoms with van der Waals surface area (Å²) in [4.78, 5) is 37.7. The molecule has 2 aromatic carbocycles. The third kappa shape index (κ3) is 6.10. The molecule has 0 aliphatic heterocycles. The first-order chi connectivity index (χ1) is 17.3. The van der Waals surface area contributed by atoms with Crippen LogP contribution in [0.4, 0.5) is 13.2 Å². The average Bonchev–Trinajstić information content (AvgIpc) is 2.82. The van der Waals surface area contributed by atoms with Crippen LogP contribution in [0.3, 0.4) is 0 Å². The fourth-order valence-electron chi connectivity index (χ4n) is 4.33. The quantitative estimate of drug-likeness (QED) is 0.440. The highest BCUT2D eigenvalue weighted by molar-refractivity contribution is 5.99. The average molecular weight is 515 g/mol. The summed E-state index contributed by atoms with van der Waals surface area (Å²) in [6.07, 6.45) is -3.33. The zero-order valence-electron chi connectivity index (χ0n) is 21.1. The molecule has 37 heavy (non-hydrogen) atoms. The van der Waals surface area contributed by atoms with Gasteiger partial charge in [0.15, 0.2) is 0 Å². The Labute approximate surface area is 212 Å². The van der Waals surface area contributed by atoms with Gasteiger partial charge in [0, 0.05) is 24.7 Å². The minimum absolute atomic E-state index is 0.0664. The molecule has 0 unspecified atom stereocenters. The maximum Gasteiger partial charge on any atom is 0.417 e. The van der Waals surface area contributed by atoms with Crippen molar-refractivity contribution >= 4 is 11.9 Å². The van der Waals surface area contributed by atoms with Crippen LogP contribution in [0.15, 0.2) is 53.3 Å². The predicted molar refractivity (Wildman–Crippen MR) is 135 cm³/mol. The normalized spacial score (nSPS) is 12.3. The third-order valence-electron chi connectivity index (χ3n) is 6.37. The number of aryl methyl sites for hydroxylation is 3. The summed E-state index contributed by atoms with van der Waals surface area (Å²) in [7, 11) is 1.40. The number of rotatable bonds is 8. The molecule has 0 bridgehead atoms. The van der Waals surface area contributed by atoms with Gasteiger partial charge in [-0.15, -0.1) is 0 Å². The van der Waals surface area contributed by atoms with Crippen molar-refractivity contribution in [3.63, 3.8) is 0 Å². The van der Waals surface area contributed by atoms with E-state index in [9.17, 15) is 32.7 Å². The van der Waals surface area contributed by atoms with Gasteiger partial charge < -0.3 is 15.0 Å². The number of hydrogen-bond acceptors (Lipinski definition) is 3. The number of amides is 1. The Morgan fingerprint density at radius 1 is 1.08 bits per heavy atom. The molecule has 0 aliphatic rings. The van der Waals surface area contributed by atoms with Gasteiger partial charge in [-0.1, -0.05) is 55.8 Å². The number of nitrogens with one attached hydrogen (secondary N) is 1. The van der Waals surface area contributed by atoms with E-state index in [1.165, 1.54) is 38.2 Å². The maximum atomic E-state index is 13.7. The highest BCUT2D eigenvalue weighted by atomic mass is 19.4. The molecule has 1 atom stereocenters. The summed E-state index contributed by atoms with van der Waals surface area (Å²) in [5, 5.41) is 12.3. The van der Waals surface area contributed by atoms with Crippen LogP contribution in [-0.4, -0.2) is 27.6 Å². The van der Waals surface area contributed by atoms with Crippen molar-refractivity contribution in [1.29, 1.82) is 0 Å². The van der Waals surface area contributed by atoms with Crippen molar-refractivity contribution in [3.8, 4) is 11.1 Å². The highest BCUT2D eigenvalue weighted by Gasteiger charge is 2.36. The number of aliphatic carboxylic acids is 1. The maximum absolute atomic E-state index is 13.7. The Bertz CT molecular complexity index is 1380. The van der Waals surface area contributed by atoms with Crippen molar-refractivity contribution in [1.82, 2.24) is 9.88 Å². The number of carboxylic acid groups (broad SMARTS) is 1. The molecule has 0 radical (unpaired) electrons. The Morgan fingerprint density at radius 2 is 1.73 bits per heavy atom. The second-order valence-electron chi connectivity index (χ2n) is 9.06. The molecule has 1 amide bonds. The summed E-state index contributed by atoms with van der Waals surface area (Å²) < 4.78 is 42.2. The lowest BCUT2D eigenvalue weighted by Crippen LogP contribution is -2.42. The van der Waals surface area contributed by atoms with E-state index >= 15 is 0 Å². The van der Waals surface area contributed by atoms with E-state index in [1.807, 2.05) is 19.1 Å². The molecule has 0 aliphatic carbocycles. The van der Waals surface area contributed by atoms with Gasteiger partial charge in [0.1, 0.15) is 6.04 Å². The summed E-state index contributed by atoms with van der Waals surface area (Å²) in [5.74, 6) is -1.74. The molecule has 1 aromatic heterocycles. The monoisotopic (exact) mass is 514 g/mol. The van der Waals surface area contributed by atoms with E-state index in [1.54, 1.807) is 13.0 Å². The Morgan fingerprint density at radius 3 is 2.30 bits per heavy atom. The SMILES string of the molecule is CCCc1cccc(C)c1C(=O)N[C@@H](Cc1ccc(-c2c(C(F)(F)F)cc(C)n(C)c2=O)cc1)C(=O)O. The number of aromatic nitrogens is 1. The van der Waals surface area contributed by atoms with Crippen molar-refractivity contribution in [2.75, 3.05) is 0 Å². The molecule has 9 heteroatoms. The van der Waals surface area contributed by atoms with Gasteiger partial charge in [0.2, 0.25) is 0 Å². The van der Waals surface area contributed by atoms with Gasteiger partial charge >= 0.3 is 12.1 Å². The van der Waals surface area contributed by atoms with Crippen LogP contribution in [0.2, 0.25) is 0 Å². The highest BCUT2D eigenvalue weighted by Crippen LogP contribution is 2.35.